The minimum atomic E-state index is -4.62. The van der Waals surface area contributed by atoms with E-state index in [2.05, 4.69) is 31.3 Å². The molecule has 0 bridgehead atoms. The van der Waals surface area contributed by atoms with Crippen LogP contribution in [0.4, 0.5) is 24.5 Å². The number of anilines is 2. The number of hydrogen-bond acceptors (Lipinski definition) is 10. The Morgan fingerprint density at radius 3 is 2.58 bits per heavy atom. The molecule has 1 aromatic carbocycles. The maximum absolute atomic E-state index is 14.2. The van der Waals surface area contributed by atoms with E-state index in [1.165, 1.54) is 11.2 Å². The fraction of sp³-hybridized carbons (Fsp3) is 0.364. The lowest BCUT2D eigenvalue weighted by atomic mass is 10.1. The van der Waals surface area contributed by atoms with E-state index in [9.17, 15) is 32.7 Å². The Labute approximate surface area is 283 Å². The lowest BCUT2D eigenvalue weighted by Crippen LogP contribution is -2.51. The van der Waals surface area contributed by atoms with Gasteiger partial charge >= 0.3 is 6.18 Å². The van der Waals surface area contributed by atoms with Gasteiger partial charge in [-0.15, -0.1) is 11.5 Å². The zero-order valence-electron chi connectivity index (χ0n) is 27.1. The Hall–Kier alpha value is -5.76. The highest BCUT2D eigenvalue weighted by atomic mass is 19.4. The number of ether oxygens (including phenoxy) is 1. The molecule has 14 nitrogen and oxygen atoms in total. The third-order valence-electron chi connectivity index (χ3n) is 8.58. The molecule has 6 rings (SSSR count). The van der Waals surface area contributed by atoms with E-state index in [0.717, 1.165) is 28.3 Å². The number of piperazine rings is 1. The maximum Gasteiger partial charge on any atom is 0.416 e. The Kier molecular flexibility index (Phi) is 9.30. The first kappa shape index (κ1) is 34.1. The van der Waals surface area contributed by atoms with Crippen LogP contribution in [0.3, 0.4) is 0 Å². The second kappa shape index (κ2) is 13.6. The van der Waals surface area contributed by atoms with Crippen LogP contribution >= 0.6 is 0 Å². The lowest BCUT2D eigenvalue weighted by molar-refractivity contribution is -0.137. The summed E-state index contributed by atoms with van der Waals surface area (Å²) >= 11 is 0. The molecule has 17 heteroatoms. The van der Waals surface area contributed by atoms with E-state index < -0.39 is 29.1 Å². The fourth-order valence-corrected chi connectivity index (χ4v) is 5.98. The summed E-state index contributed by atoms with van der Waals surface area (Å²) in [5.74, 6) is 1.19. The van der Waals surface area contributed by atoms with Crippen LogP contribution in [0.25, 0.3) is 11.4 Å². The molecule has 0 unspecified atom stereocenters. The molecule has 2 aliphatic heterocycles. The van der Waals surface area contributed by atoms with E-state index in [1.807, 2.05) is 17.9 Å². The number of hydrogen-bond donors (Lipinski definition) is 2. The number of aromatic nitrogens is 6. The van der Waals surface area contributed by atoms with Crippen LogP contribution in [0, 0.1) is 19.3 Å². The first-order valence-corrected chi connectivity index (χ1v) is 15.7. The minimum absolute atomic E-state index is 0.0149. The van der Waals surface area contributed by atoms with Gasteiger partial charge in [0.1, 0.15) is 18.6 Å². The number of halogens is 3. The molecule has 0 radical (unpaired) electrons. The van der Waals surface area contributed by atoms with E-state index in [1.54, 1.807) is 11.5 Å². The Morgan fingerprint density at radius 1 is 1.16 bits per heavy atom. The number of carbonyl (C=O) groups is 2. The number of fused-ring (bicyclic) bond motifs is 1. The average molecular weight is 692 g/mol. The zero-order valence-corrected chi connectivity index (χ0v) is 27.1. The number of terminal acetylenes is 1. The fourth-order valence-electron chi connectivity index (χ4n) is 5.98. The van der Waals surface area contributed by atoms with Gasteiger partial charge < -0.3 is 29.5 Å². The normalized spacial score (nSPS) is 15.2. The third-order valence-corrected chi connectivity index (χ3v) is 8.58. The SMILES string of the molecule is C#Cc1cc(C(F)(F)F)ccc1NC(=O)Cn1c(CC)c(N2CCN(C(=O)c3ncnc(C)c3O)CC2)c(=O)n2nc(C3=CCOCC3)nc12. The summed E-state index contributed by atoms with van der Waals surface area (Å²) in [7, 11) is 0. The molecule has 260 valence electrons. The summed E-state index contributed by atoms with van der Waals surface area (Å²) in [5.41, 5.74) is 0.0914. The number of aryl methyl sites for hydroxylation is 1. The first-order chi connectivity index (χ1) is 23.9. The summed E-state index contributed by atoms with van der Waals surface area (Å²) in [4.78, 5) is 56.8. The van der Waals surface area contributed by atoms with Gasteiger partial charge in [-0.25, -0.2) is 9.97 Å². The number of aromatic hydroxyl groups is 1. The quantitative estimate of drug-likeness (QED) is 0.276. The Bertz CT molecular complexity index is 2130. The van der Waals surface area contributed by atoms with Gasteiger partial charge in [-0.05, 0) is 43.5 Å². The molecule has 0 spiro atoms. The van der Waals surface area contributed by atoms with Gasteiger partial charge in [0.2, 0.25) is 11.7 Å². The minimum Gasteiger partial charge on any atom is -0.504 e. The number of nitrogens with zero attached hydrogens (tertiary/aromatic N) is 8. The van der Waals surface area contributed by atoms with Gasteiger partial charge in [0.25, 0.3) is 11.5 Å². The number of rotatable bonds is 7. The number of benzene rings is 1. The standard InChI is InChI=1S/C33H32F3N9O5/c1-4-20-16-22(33(34,35)36)6-7-23(20)39-25(46)17-44-24(5-2)27(31(49)45-32(44)40-29(41-45)21-8-14-50-15-9-21)42-10-12-43(13-11-42)30(48)26-28(47)19(3)37-18-38-26/h1,6-8,16,18,47H,5,9-15,17H2,2-3H3,(H,39,46). The van der Waals surface area contributed by atoms with Crippen LogP contribution in [0.2, 0.25) is 0 Å². The van der Waals surface area contributed by atoms with Crippen LogP contribution in [0.15, 0.2) is 35.4 Å². The largest absolute Gasteiger partial charge is 0.504 e. The molecule has 3 aromatic heterocycles. The van der Waals surface area contributed by atoms with Gasteiger partial charge in [0.05, 0.1) is 35.9 Å². The molecule has 2 amide bonds. The number of alkyl halides is 3. The van der Waals surface area contributed by atoms with Gasteiger partial charge in [0.15, 0.2) is 17.3 Å². The molecule has 2 N–H and O–H groups in total. The lowest BCUT2D eigenvalue weighted by Gasteiger charge is -2.36. The summed E-state index contributed by atoms with van der Waals surface area (Å²) in [6.07, 6.45) is 4.69. The van der Waals surface area contributed by atoms with Crippen molar-refractivity contribution < 1.29 is 32.6 Å². The van der Waals surface area contributed by atoms with E-state index in [4.69, 9.17) is 11.2 Å². The van der Waals surface area contributed by atoms with Crippen molar-refractivity contribution in [1.29, 1.82) is 0 Å². The Balaban J connectivity index is 1.36. The summed E-state index contributed by atoms with van der Waals surface area (Å²) in [6.45, 7) is 4.65. The van der Waals surface area contributed by atoms with Gasteiger partial charge in [0, 0.05) is 31.7 Å². The van der Waals surface area contributed by atoms with Gasteiger partial charge in [-0.2, -0.15) is 22.7 Å². The average Bonchev–Trinajstić information content (AvgIpc) is 3.57. The van der Waals surface area contributed by atoms with Gasteiger partial charge in [-0.3, -0.25) is 14.4 Å². The van der Waals surface area contributed by atoms with Crippen molar-refractivity contribution in [2.75, 3.05) is 49.6 Å². The topological polar surface area (TPSA) is 160 Å². The first-order valence-electron chi connectivity index (χ1n) is 15.7. The highest BCUT2D eigenvalue weighted by Crippen LogP contribution is 2.32. The second-order valence-corrected chi connectivity index (χ2v) is 11.6. The predicted octanol–water partition coefficient (Wildman–Crippen LogP) is 2.66. The summed E-state index contributed by atoms with van der Waals surface area (Å²) in [6, 6.07) is 2.71. The van der Waals surface area contributed by atoms with Crippen LogP contribution in [0.5, 0.6) is 5.75 Å². The molecule has 0 saturated carbocycles. The maximum atomic E-state index is 14.2. The van der Waals surface area contributed by atoms with E-state index in [-0.39, 0.29) is 79.0 Å². The van der Waals surface area contributed by atoms with Crippen molar-refractivity contribution in [2.45, 2.75) is 39.4 Å². The van der Waals surface area contributed by atoms with Crippen LogP contribution in [-0.4, -0.2) is 90.3 Å². The molecular formula is C33H32F3N9O5. The second-order valence-electron chi connectivity index (χ2n) is 11.6. The number of nitrogens with one attached hydrogen (secondary N) is 1. The molecule has 50 heavy (non-hydrogen) atoms. The Morgan fingerprint density at radius 2 is 1.92 bits per heavy atom. The molecule has 5 heterocycles. The van der Waals surface area contributed by atoms with Crippen molar-refractivity contribution in [1.82, 2.24) is 34.0 Å². The molecule has 0 atom stereocenters. The van der Waals surface area contributed by atoms with Crippen molar-refractivity contribution in [3.05, 3.63) is 75.0 Å². The van der Waals surface area contributed by atoms with Crippen molar-refractivity contribution in [3.8, 4) is 18.1 Å². The highest BCUT2D eigenvalue weighted by molar-refractivity contribution is 5.95. The smallest absolute Gasteiger partial charge is 0.416 e. The van der Waals surface area contributed by atoms with Crippen molar-refractivity contribution >= 4 is 34.5 Å². The third kappa shape index (κ3) is 6.49. The zero-order chi connectivity index (χ0) is 35.7. The molecular weight excluding hydrogens is 659 g/mol. The number of amides is 2. The highest BCUT2D eigenvalue weighted by Gasteiger charge is 2.32. The van der Waals surface area contributed by atoms with Crippen LogP contribution in [-0.2, 0) is 28.7 Å². The van der Waals surface area contributed by atoms with Crippen LogP contribution < -0.4 is 15.8 Å². The van der Waals surface area contributed by atoms with E-state index >= 15 is 0 Å². The number of carbonyl (C=O) groups excluding carboxylic acids is 2. The molecule has 1 saturated heterocycles. The summed E-state index contributed by atoms with van der Waals surface area (Å²) in [5, 5.41) is 17.5. The van der Waals surface area contributed by atoms with Crippen molar-refractivity contribution in [3.63, 3.8) is 0 Å². The molecule has 2 aliphatic rings. The van der Waals surface area contributed by atoms with Gasteiger partial charge in [-0.1, -0.05) is 18.9 Å². The monoisotopic (exact) mass is 691 g/mol. The molecule has 0 aliphatic carbocycles. The summed E-state index contributed by atoms with van der Waals surface area (Å²) < 4.78 is 48.0. The van der Waals surface area contributed by atoms with E-state index in [0.29, 0.717) is 31.2 Å². The van der Waals surface area contributed by atoms with Crippen molar-refractivity contribution in [2.24, 2.45) is 0 Å². The molecule has 1 fully saturated rings. The van der Waals surface area contributed by atoms with Crippen LogP contribution in [0.1, 0.15) is 52.2 Å². The molecule has 4 aromatic rings. The predicted molar refractivity (Wildman–Crippen MR) is 175 cm³/mol.